The van der Waals surface area contributed by atoms with Crippen LogP contribution in [0.3, 0.4) is 0 Å². The van der Waals surface area contributed by atoms with E-state index in [4.69, 9.17) is 10.5 Å². The minimum absolute atomic E-state index is 0.0731. The van der Waals surface area contributed by atoms with E-state index in [0.717, 1.165) is 11.1 Å². The molecule has 6 N–H and O–H groups in total. The van der Waals surface area contributed by atoms with Crippen LogP contribution in [-0.4, -0.2) is 81.2 Å². The monoisotopic (exact) mass is 585 g/mol. The number of carbonyl (C=O) groups excluding carboxylic acids is 3. The van der Waals surface area contributed by atoms with Gasteiger partial charge in [-0.3, -0.25) is 9.59 Å². The van der Waals surface area contributed by atoms with Gasteiger partial charge in [0.1, 0.15) is 11.6 Å². The van der Waals surface area contributed by atoms with E-state index in [1.165, 1.54) is 4.90 Å². The van der Waals surface area contributed by atoms with Crippen molar-refractivity contribution < 1.29 is 34.4 Å². The zero-order valence-corrected chi connectivity index (χ0v) is 25.3. The molecule has 42 heavy (non-hydrogen) atoms. The van der Waals surface area contributed by atoms with Gasteiger partial charge in [0.2, 0.25) is 11.8 Å². The second kappa shape index (κ2) is 16.2. The number of hydrogen-bond donors (Lipinski definition) is 5. The van der Waals surface area contributed by atoms with Crippen molar-refractivity contribution in [2.24, 2.45) is 17.6 Å². The first-order valence-electron chi connectivity index (χ1n) is 14.4. The maximum atomic E-state index is 14.2. The number of rotatable bonds is 15. The molecule has 0 aromatic heterocycles. The molecular formula is C32H47N3O7. The van der Waals surface area contributed by atoms with Crippen LogP contribution in [0.2, 0.25) is 0 Å². The van der Waals surface area contributed by atoms with Gasteiger partial charge in [0, 0.05) is 12.5 Å². The molecule has 10 heteroatoms. The highest BCUT2D eigenvalue weighted by Crippen LogP contribution is 2.24. The molecule has 5 unspecified atom stereocenters. The molecule has 0 radical (unpaired) electrons. The predicted octanol–water partition coefficient (Wildman–Crippen LogP) is 2.42. The van der Waals surface area contributed by atoms with E-state index >= 15 is 0 Å². The number of nitrogens with one attached hydrogen (secondary N) is 1. The number of aliphatic hydroxyl groups excluding tert-OH is 3. The van der Waals surface area contributed by atoms with Gasteiger partial charge in [0.25, 0.3) is 0 Å². The molecule has 2 aromatic carbocycles. The van der Waals surface area contributed by atoms with Crippen LogP contribution in [-0.2, 0) is 27.2 Å². The highest BCUT2D eigenvalue weighted by Gasteiger charge is 2.38. The Morgan fingerprint density at radius 3 is 1.90 bits per heavy atom. The maximum Gasteiger partial charge on any atom is 0.407 e. The maximum absolute atomic E-state index is 14.2. The van der Waals surface area contributed by atoms with E-state index in [1.54, 1.807) is 34.6 Å². The Morgan fingerprint density at radius 2 is 1.45 bits per heavy atom. The Kier molecular flexibility index (Phi) is 13.4. The quantitative estimate of drug-likeness (QED) is 0.214. The van der Waals surface area contributed by atoms with Crippen LogP contribution in [0.4, 0.5) is 4.79 Å². The number of aliphatic hydroxyl groups is 3. The average molecular weight is 586 g/mol. The molecule has 0 bridgehead atoms. The van der Waals surface area contributed by atoms with Crippen LogP contribution in [0.1, 0.15) is 52.2 Å². The fraction of sp³-hybridized carbons (Fsp3) is 0.531. The molecule has 0 heterocycles. The fourth-order valence-corrected chi connectivity index (χ4v) is 4.94. The Hall–Kier alpha value is -3.47. The first-order chi connectivity index (χ1) is 19.7. The van der Waals surface area contributed by atoms with Crippen molar-refractivity contribution in [2.45, 2.75) is 83.8 Å². The molecule has 0 saturated heterocycles. The number of nitrogens with zero attached hydrogens (tertiary/aromatic N) is 1. The molecule has 0 saturated carbocycles. The van der Waals surface area contributed by atoms with Crippen LogP contribution in [0.15, 0.2) is 60.7 Å². The summed E-state index contributed by atoms with van der Waals surface area (Å²) >= 11 is 0. The molecule has 0 aliphatic heterocycles. The second-order valence-electron chi connectivity index (χ2n) is 12.1. The summed E-state index contributed by atoms with van der Waals surface area (Å²) in [4.78, 5) is 40.6. The highest BCUT2D eigenvalue weighted by molar-refractivity contribution is 5.88. The molecule has 2 rings (SSSR count). The molecule has 5 atom stereocenters. The van der Waals surface area contributed by atoms with Crippen molar-refractivity contribution in [3.8, 4) is 0 Å². The minimum atomic E-state index is -1.29. The summed E-state index contributed by atoms with van der Waals surface area (Å²) in [5.74, 6) is -2.47. The Balaban J connectivity index is 2.46. The predicted molar refractivity (Wildman–Crippen MR) is 160 cm³/mol. The molecule has 232 valence electrons. The van der Waals surface area contributed by atoms with Crippen LogP contribution >= 0.6 is 0 Å². The summed E-state index contributed by atoms with van der Waals surface area (Å²) in [5.41, 5.74) is 6.63. The molecule has 0 spiro atoms. The van der Waals surface area contributed by atoms with Crippen molar-refractivity contribution in [3.05, 3.63) is 71.8 Å². The first-order valence-corrected chi connectivity index (χ1v) is 14.4. The third-order valence-electron chi connectivity index (χ3n) is 6.83. The van der Waals surface area contributed by atoms with Crippen molar-refractivity contribution in [3.63, 3.8) is 0 Å². The van der Waals surface area contributed by atoms with Gasteiger partial charge in [-0.1, -0.05) is 74.5 Å². The van der Waals surface area contributed by atoms with Gasteiger partial charge in [-0.05, 0) is 57.1 Å². The number of amides is 3. The third kappa shape index (κ3) is 11.4. The van der Waals surface area contributed by atoms with Gasteiger partial charge in [-0.2, -0.15) is 0 Å². The van der Waals surface area contributed by atoms with Crippen LogP contribution in [0.5, 0.6) is 0 Å². The molecule has 3 amide bonds. The Morgan fingerprint density at radius 1 is 0.929 bits per heavy atom. The summed E-state index contributed by atoms with van der Waals surface area (Å²) < 4.78 is 5.44. The van der Waals surface area contributed by atoms with Gasteiger partial charge >= 0.3 is 6.09 Å². The van der Waals surface area contributed by atoms with Crippen molar-refractivity contribution in [1.82, 2.24) is 10.2 Å². The average Bonchev–Trinajstić information content (AvgIpc) is 2.91. The van der Waals surface area contributed by atoms with Crippen LogP contribution < -0.4 is 11.1 Å². The van der Waals surface area contributed by atoms with Crippen molar-refractivity contribution in [1.29, 1.82) is 0 Å². The number of benzene rings is 2. The van der Waals surface area contributed by atoms with Crippen molar-refractivity contribution in [2.75, 3.05) is 13.2 Å². The number of nitrogens with two attached hydrogens (primary N) is 1. The molecule has 2 aromatic rings. The van der Waals surface area contributed by atoms with E-state index in [2.05, 4.69) is 5.32 Å². The van der Waals surface area contributed by atoms with Gasteiger partial charge in [0.05, 0.1) is 24.9 Å². The van der Waals surface area contributed by atoms with E-state index < -0.39 is 60.3 Å². The van der Waals surface area contributed by atoms with Gasteiger partial charge < -0.3 is 36.0 Å². The van der Waals surface area contributed by atoms with Crippen LogP contribution in [0.25, 0.3) is 0 Å². The molecule has 0 fully saturated rings. The topological polar surface area (TPSA) is 162 Å². The Bertz CT molecular complexity index is 1120. The summed E-state index contributed by atoms with van der Waals surface area (Å²) in [6.45, 7) is 7.77. The van der Waals surface area contributed by atoms with Crippen LogP contribution in [0, 0.1) is 11.8 Å². The summed E-state index contributed by atoms with van der Waals surface area (Å²) in [6.07, 6.45) is -2.76. The van der Waals surface area contributed by atoms with E-state index in [9.17, 15) is 29.7 Å². The van der Waals surface area contributed by atoms with Gasteiger partial charge in [0.15, 0.2) is 0 Å². The number of alkyl carbamates (subject to hydrolysis) is 1. The lowest BCUT2D eigenvalue weighted by atomic mass is 9.87. The molecule has 0 aliphatic carbocycles. The van der Waals surface area contributed by atoms with E-state index in [1.807, 2.05) is 60.7 Å². The molecular weight excluding hydrogens is 538 g/mol. The zero-order chi connectivity index (χ0) is 31.4. The zero-order valence-electron chi connectivity index (χ0n) is 25.3. The number of hydrogen-bond acceptors (Lipinski definition) is 7. The first kappa shape index (κ1) is 34.7. The number of primary amides is 1. The Labute approximate surface area is 248 Å². The highest BCUT2D eigenvalue weighted by atomic mass is 16.6. The third-order valence-corrected chi connectivity index (χ3v) is 6.83. The summed E-state index contributed by atoms with van der Waals surface area (Å²) in [5, 5.41) is 34.1. The minimum Gasteiger partial charge on any atom is -0.444 e. The lowest BCUT2D eigenvalue weighted by Crippen LogP contribution is -2.56. The number of ether oxygens (including phenoxy) is 1. The van der Waals surface area contributed by atoms with Gasteiger partial charge in [-0.25, -0.2) is 4.79 Å². The molecule has 10 nitrogen and oxygen atoms in total. The normalized spacial score (nSPS) is 15.3. The lowest BCUT2D eigenvalue weighted by molar-refractivity contribution is -0.147. The number of carbonyl (C=O) groups is 3. The lowest BCUT2D eigenvalue weighted by Gasteiger charge is -2.37. The largest absolute Gasteiger partial charge is 0.444 e. The molecule has 0 aliphatic rings. The standard InChI is InChI=1S/C32H47N3O7/c1-21(2)28(29(33)39)35(19-25(37)20-36)30(40)24(16-22-12-8-6-9-13-22)18-27(38)26(17-23-14-10-7-11-15-23)34-31(41)42-32(3,4)5/h6-15,21,24-28,36-38H,16-20H2,1-5H3,(H2,33,39)(H,34,41). The summed E-state index contributed by atoms with van der Waals surface area (Å²) in [6, 6.07) is 16.7. The second-order valence-corrected chi connectivity index (χ2v) is 12.1. The van der Waals surface area contributed by atoms with E-state index in [-0.39, 0.29) is 31.7 Å². The fourth-order valence-electron chi connectivity index (χ4n) is 4.94. The van der Waals surface area contributed by atoms with E-state index in [0.29, 0.717) is 0 Å². The summed E-state index contributed by atoms with van der Waals surface area (Å²) in [7, 11) is 0. The van der Waals surface area contributed by atoms with Gasteiger partial charge in [-0.15, -0.1) is 0 Å². The van der Waals surface area contributed by atoms with Crippen molar-refractivity contribution >= 4 is 17.9 Å². The SMILES string of the molecule is CC(C)C(C(N)=O)N(CC(O)CO)C(=O)C(Cc1ccccc1)CC(O)C(Cc1ccccc1)NC(=O)OC(C)(C)C. The smallest absolute Gasteiger partial charge is 0.407 e.